The maximum absolute atomic E-state index is 13.8. The number of benzene rings is 3. The van der Waals surface area contributed by atoms with Gasteiger partial charge in [-0.25, -0.2) is 0 Å². The number of amides is 2. The van der Waals surface area contributed by atoms with Gasteiger partial charge in [-0.3, -0.25) is 19.7 Å². The molecule has 0 aromatic heterocycles. The van der Waals surface area contributed by atoms with Crippen LogP contribution in [0.5, 0.6) is 0 Å². The van der Waals surface area contributed by atoms with Gasteiger partial charge in [-0.15, -0.1) is 0 Å². The van der Waals surface area contributed by atoms with Gasteiger partial charge in [0.2, 0.25) is 11.8 Å². The third kappa shape index (κ3) is 7.01. The highest BCUT2D eigenvalue weighted by Crippen LogP contribution is 2.22. The van der Waals surface area contributed by atoms with E-state index in [9.17, 15) is 19.7 Å². The van der Waals surface area contributed by atoms with Crippen molar-refractivity contribution in [3.05, 3.63) is 111 Å². The van der Waals surface area contributed by atoms with Gasteiger partial charge in [-0.05, 0) is 37.0 Å². The molecule has 0 saturated carbocycles. The predicted molar refractivity (Wildman–Crippen MR) is 140 cm³/mol. The Morgan fingerprint density at radius 1 is 0.944 bits per heavy atom. The van der Waals surface area contributed by atoms with E-state index in [1.807, 2.05) is 75.4 Å². The maximum Gasteiger partial charge on any atom is 0.273 e. The summed E-state index contributed by atoms with van der Waals surface area (Å²) in [6, 6.07) is 22.7. The van der Waals surface area contributed by atoms with Crippen molar-refractivity contribution >= 4 is 17.5 Å². The van der Waals surface area contributed by atoms with Crippen LogP contribution in [0.25, 0.3) is 0 Å². The lowest BCUT2D eigenvalue weighted by atomic mass is 10.00. The average Bonchev–Trinajstić information content (AvgIpc) is 2.87. The minimum Gasteiger partial charge on any atom is -0.352 e. The summed E-state index contributed by atoms with van der Waals surface area (Å²) in [4.78, 5) is 40.0. The van der Waals surface area contributed by atoms with Crippen molar-refractivity contribution in [2.45, 2.75) is 58.7 Å². The van der Waals surface area contributed by atoms with Crippen LogP contribution < -0.4 is 5.32 Å². The molecule has 1 N–H and O–H groups in total. The Morgan fingerprint density at radius 3 is 2.19 bits per heavy atom. The predicted octanol–water partition coefficient (Wildman–Crippen LogP) is 5.00. The SMILES string of the molecule is CCC(C)NC(=O)C(Cc1ccccc1)N(Cc1ccccc1C)C(=O)Cc1ccccc1[N+](=O)[O-]. The summed E-state index contributed by atoms with van der Waals surface area (Å²) in [7, 11) is 0. The second kappa shape index (κ2) is 12.6. The molecule has 3 rings (SSSR count). The van der Waals surface area contributed by atoms with Crippen LogP contribution in [0.1, 0.15) is 42.5 Å². The van der Waals surface area contributed by atoms with Crippen LogP contribution in [-0.4, -0.2) is 33.7 Å². The summed E-state index contributed by atoms with van der Waals surface area (Å²) in [6.07, 6.45) is 0.911. The van der Waals surface area contributed by atoms with E-state index in [4.69, 9.17) is 0 Å². The number of nitrogens with zero attached hydrogens (tertiary/aromatic N) is 2. The van der Waals surface area contributed by atoms with E-state index in [0.29, 0.717) is 12.0 Å². The molecule has 2 unspecified atom stereocenters. The van der Waals surface area contributed by atoms with Crippen molar-refractivity contribution in [3.8, 4) is 0 Å². The van der Waals surface area contributed by atoms with Crippen molar-refractivity contribution in [3.63, 3.8) is 0 Å². The number of hydrogen-bond acceptors (Lipinski definition) is 4. The van der Waals surface area contributed by atoms with Crippen LogP contribution in [-0.2, 0) is 29.0 Å². The summed E-state index contributed by atoms with van der Waals surface area (Å²) < 4.78 is 0. The highest BCUT2D eigenvalue weighted by molar-refractivity contribution is 5.89. The molecule has 7 heteroatoms. The Kier molecular flexibility index (Phi) is 9.33. The minimum absolute atomic E-state index is 0.0543. The fraction of sp³-hybridized carbons (Fsp3) is 0.310. The third-order valence-electron chi connectivity index (χ3n) is 6.40. The molecule has 0 aliphatic carbocycles. The van der Waals surface area contributed by atoms with Crippen LogP contribution in [0.2, 0.25) is 0 Å². The maximum atomic E-state index is 13.8. The summed E-state index contributed by atoms with van der Waals surface area (Å²) in [6.45, 7) is 6.10. The van der Waals surface area contributed by atoms with Gasteiger partial charge in [0.05, 0.1) is 11.3 Å². The van der Waals surface area contributed by atoms with E-state index in [0.717, 1.165) is 23.1 Å². The molecule has 0 aliphatic heterocycles. The monoisotopic (exact) mass is 487 g/mol. The van der Waals surface area contributed by atoms with Crippen LogP contribution in [0, 0.1) is 17.0 Å². The molecule has 0 saturated heterocycles. The number of carbonyl (C=O) groups excluding carboxylic acids is 2. The number of carbonyl (C=O) groups is 2. The van der Waals surface area contributed by atoms with Crippen molar-refractivity contribution < 1.29 is 14.5 Å². The molecule has 0 heterocycles. The van der Waals surface area contributed by atoms with Crippen molar-refractivity contribution in [2.24, 2.45) is 0 Å². The van der Waals surface area contributed by atoms with Crippen LogP contribution in [0.3, 0.4) is 0 Å². The molecule has 2 amide bonds. The topological polar surface area (TPSA) is 92.6 Å². The molecular weight excluding hydrogens is 454 g/mol. The molecule has 36 heavy (non-hydrogen) atoms. The summed E-state index contributed by atoms with van der Waals surface area (Å²) in [5.74, 6) is -0.578. The number of nitrogens with one attached hydrogen (secondary N) is 1. The normalized spacial score (nSPS) is 12.4. The lowest BCUT2D eigenvalue weighted by Gasteiger charge is -2.32. The van der Waals surface area contributed by atoms with Gasteiger partial charge in [0.15, 0.2) is 0 Å². The van der Waals surface area contributed by atoms with E-state index in [-0.39, 0.29) is 36.5 Å². The van der Waals surface area contributed by atoms with Gasteiger partial charge in [0.25, 0.3) is 5.69 Å². The van der Waals surface area contributed by atoms with E-state index in [2.05, 4.69) is 5.32 Å². The Hall–Kier alpha value is -4.00. The Bertz CT molecular complexity index is 1200. The second-order valence-electron chi connectivity index (χ2n) is 9.03. The van der Waals surface area contributed by atoms with Crippen molar-refractivity contribution in [1.29, 1.82) is 0 Å². The zero-order valence-corrected chi connectivity index (χ0v) is 21.0. The number of hydrogen-bond donors (Lipinski definition) is 1. The van der Waals surface area contributed by atoms with Crippen molar-refractivity contribution in [2.75, 3.05) is 0 Å². The highest BCUT2D eigenvalue weighted by atomic mass is 16.6. The minimum atomic E-state index is -0.781. The fourth-order valence-electron chi connectivity index (χ4n) is 4.07. The molecule has 0 spiro atoms. The standard InChI is InChI=1S/C29H33N3O4/c1-4-22(3)30-29(34)27(18-23-13-6-5-7-14-23)31(20-25-16-9-8-12-21(25)2)28(33)19-24-15-10-11-17-26(24)32(35)36/h5-17,22,27H,4,18-20H2,1-3H3,(H,30,34). The number of aryl methyl sites for hydroxylation is 1. The zero-order valence-electron chi connectivity index (χ0n) is 21.0. The van der Waals surface area contributed by atoms with Crippen molar-refractivity contribution in [1.82, 2.24) is 10.2 Å². The van der Waals surface area contributed by atoms with Crippen LogP contribution in [0.4, 0.5) is 5.69 Å². The lowest BCUT2D eigenvalue weighted by Crippen LogP contribution is -2.52. The molecule has 0 radical (unpaired) electrons. The van der Waals surface area contributed by atoms with Gasteiger partial charge < -0.3 is 10.2 Å². The first-order valence-electron chi connectivity index (χ1n) is 12.2. The highest BCUT2D eigenvalue weighted by Gasteiger charge is 2.32. The molecule has 7 nitrogen and oxygen atoms in total. The molecule has 2 atom stereocenters. The first-order chi connectivity index (χ1) is 17.3. The van der Waals surface area contributed by atoms with Gasteiger partial charge in [-0.1, -0.05) is 79.7 Å². The number of para-hydroxylation sites is 1. The molecule has 0 bridgehead atoms. The Balaban J connectivity index is 2.03. The number of rotatable bonds is 11. The fourth-order valence-corrected chi connectivity index (χ4v) is 4.07. The average molecular weight is 488 g/mol. The van der Waals surface area contributed by atoms with Crippen LogP contribution >= 0.6 is 0 Å². The van der Waals surface area contributed by atoms with Gasteiger partial charge in [-0.2, -0.15) is 0 Å². The number of nitro groups is 1. The summed E-state index contributed by atoms with van der Waals surface area (Å²) in [5.41, 5.74) is 3.06. The molecular formula is C29H33N3O4. The summed E-state index contributed by atoms with van der Waals surface area (Å²) in [5, 5.41) is 14.6. The van der Waals surface area contributed by atoms with Gasteiger partial charge >= 0.3 is 0 Å². The Morgan fingerprint density at radius 2 is 1.56 bits per heavy atom. The Labute approximate surface area is 212 Å². The summed E-state index contributed by atoms with van der Waals surface area (Å²) >= 11 is 0. The van der Waals surface area contributed by atoms with Crippen LogP contribution in [0.15, 0.2) is 78.9 Å². The molecule has 0 fully saturated rings. The van der Waals surface area contributed by atoms with E-state index >= 15 is 0 Å². The van der Waals surface area contributed by atoms with Gasteiger partial charge in [0.1, 0.15) is 6.04 Å². The quantitative estimate of drug-likeness (QED) is 0.304. The first-order valence-corrected chi connectivity index (χ1v) is 12.2. The molecule has 3 aromatic rings. The molecule has 3 aromatic carbocycles. The zero-order chi connectivity index (χ0) is 26.1. The smallest absolute Gasteiger partial charge is 0.273 e. The largest absolute Gasteiger partial charge is 0.352 e. The first kappa shape index (κ1) is 26.6. The van der Waals surface area contributed by atoms with E-state index in [1.165, 1.54) is 6.07 Å². The van der Waals surface area contributed by atoms with Gasteiger partial charge in [0, 0.05) is 30.6 Å². The second-order valence-corrected chi connectivity index (χ2v) is 9.03. The molecule has 0 aliphatic rings. The van der Waals surface area contributed by atoms with E-state index in [1.54, 1.807) is 23.1 Å². The lowest BCUT2D eigenvalue weighted by molar-refractivity contribution is -0.385. The third-order valence-corrected chi connectivity index (χ3v) is 6.40. The number of nitro benzene ring substituents is 1. The van der Waals surface area contributed by atoms with E-state index < -0.39 is 11.0 Å². The molecule has 188 valence electrons.